The Morgan fingerprint density at radius 1 is 1.17 bits per heavy atom. The van der Waals surface area contributed by atoms with Gasteiger partial charge in [0.2, 0.25) is 0 Å². The molecule has 1 aliphatic carbocycles. The second-order valence-electron chi connectivity index (χ2n) is 13.5. The highest BCUT2D eigenvalue weighted by Crippen LogP contribution is 2.37. The van der Waals surface area contributed by atoms with Crippen molar-refractivity contribution in [3.05, 3.63) is 78.4 Å². The van der Waals surface area contributed by atoms with Crippen molar-refractivity contribution in [1.82, 2.24) is 9.62 Å². The van der Waals surface area contributed by atoms with Gasteiger partial charge in [0.1, 0.15) is 17.4 Å². The minimum Gasteiger partial charge on any atom is -0.491 e. The zero-order valence-electron chi connectivity index (χ0n) is 30.5. The van der Waals surface area contributed by atoms with Crippen LogP contribution in [0.2, 0.25) is 0 Å². The molecule has 0 spiro atoms. The third-order valence-electron chi connectivity index (χ3n) is 8.33. The van der Waals surface area contributed by atoms with Crippen LogP contribution in [0.25, 0.3) is 0 Å². The quantitative estimate of drug-likeness (QED) is 0.182. The highest BCUT2D eigenvalue weighted by molar-refractivity contribution is 7.98. The van der Waals surface area contributed by atoms with E-state index in [9.17, 15) is 9.59 Å². The average molecular weight is 682 g/mol. The van der Waals surface area contributed by atoms with Crippen molar-refractivity contribution >= 4 is 29.6 Å². The SMILES string of the molecule is C=CCC1CCC1.C=CCN(C(=O)OC(C)(C)C)C(C)C(=O)NSc1ccc2c(c1)N(C)CC(c1ccc(C)cc1CCC)CO2.CO. The molecule has 1 fully saturated rings. The number of aliphatic hydroxyl groups is 1. The number of rotatable bonds is 11. The molecule has 9 heteroatoms. The summed E-state index contributed by atoms with van der Waals surface area (Å²) < 4.78 is 14.6. The third-order valence-corrected chi connectivity index (χ3v) is 9.12. The van der Waals surface area contributed by atoms with Crippen molar-refractivity contribution in [2.75, 3.05) is 38.8 Å². The summed E-state index contributed by atoms with van der Waals surface area (Å²) in [6, 6.07) is 11.9. The van der Waals surface area contributed by atoms with Crippen molar-refractivity contribution in [3.8, 4) is 5.75 Å². The number of benzene rings is 2. The molecule has 1 saturated carbocycles. The molecular formula is C39H59N3O5S. The van der Waals surface area contributed by atoms with E-state index in [0.29, 0.717) is 6.61 Å². The summed E-state index contributed by atoms with van der Waals surface area (Å²) in [6.07, 6.45) is 10.8. The predicted octanol–water partition coefficient (Wildman–Crippen LogP) is 8.47. The number of likely N-dealkylation sites (N-methyl/N-ethyl adjacent to an activating group) is 1. The van der Waals surface area contributed by atoms with Crippen LogP contribution in [0, 0.1) is 12.8 Å². The average Bonchev–Trinajstić information content (AvgIpc) is 3.19. The molecule has 2 amide bonds. The topological polar surface area (TPSA) is 91.3 Å². The van der Waals surface area contributed by atoms with E-state index in [4.69, 9.17) is 14.6 Å². The van der Waals surface area contributed by atoms with E-state index in [-0.39, 0.29) is 18.4 Å². The standard InChI is InChI=1S/C31H43N3O4S.C7H12.CH4O/c1-9-11-23-17-21(3)12-14-26(23)24-19-33(8)27-18-25(13-15-28(27)37-20-24)39-32-29(35)22(4)34(16-10-2)30(36)38-31(5,6)7;1-2-4-7-5-3-6-7;1-2/h10,12-15,17-18,22,24H,2,9,11,16,19-20H2,1,3-8H3,(H,32,35);2,7H,1,3-6H2;2H,1H3. The molecule has 2 N–H and O–H groups in total. The summed E-state index contributed by atoms with van der Waals surface area (Å²) in [7, 11) is 3.08. The van der Waals surface area contributed by atoms with Crippen molar-refractivity contribution < 1.29 is 24.2 Å². The van der Waals surface area contributed by atoms with E-state index < -0.39 is 17.7 Å². The zero-order valence-corrected chi connectivity index (χ0v) is 31.3. The van der Waals surface area contributed by atoms with Gasteiger partial charge in [0.25, 0.3) is 5.91 Å². The lowest BCUT2D eigenvalue weighted by molar-refractivity contribution is -0.123. The van der Waals surface area contributed by atoms with Crippen molar-refractivity contribution in [2.45, 2.75) is 103 Å². The Morgan fingerprint density at radius 3 is 2.44 bits per heavy atom. The molecule has 2 aromatic rings. The van der Waals surface area contributed by atoms with Crippen molar-refractivity contribution in [2.24, 2.45) is 5.92 Å². The van der Waals surface area contributed by atoms with E-state index in [2.05, 4.69) is 61.9 Å². The molecule has 266 valence electrons. The first kappa shape index (κ1) is 40.7. The number of carbonyl (C=O) groups excluding carboxylic acids is 2. The van der Waals surface area contributed by atoms with Crippen LogP contribution in [-0.2, 0) is 16.0 Å². The summed E-state index contributed by atoms with van der Waals surface area (Å²) in [5, 5.41) is 7.00. The minimum absolute atomic E-state index is 0.206. The summed E-state index contributed by atoms with van der Waals surface area (Å²) in [6.45, 7) is 20.5. The molecule has 2 aromatic carbocycles. The fraction of sp³-hybridized carbons (Fsp3) is 0.538. The van der Waals surface area contributed by atoms with Gasteiger partial charge >= 0.3 is 6.09 Å². The first-order valence-corrected chi connectivity index (χ1v) is 17.9. The van der Waals surface area contributed by atoms with Gasteiger partial charge in [0, 0.05) is 38.1 Å². The van der Waals surface area contributed by atoms with Crippen LogP contribution in [0.1, 0.15) is 89.3 Å². The number of nitrogens with one attached hydrogen (secondary N) is 1. The van der Waals surface area contributed by atoms with Gasteiger partial charge in [0.05, 0.1) is 12.3 Å². The van der Waals surface area contributed by atoms with Crippen LogP contribution in [-0.4, -0.2) is 67.5 Å². The second kappa shape index (κ2) is 20.2. The summed E-state index contributed by atoms with van der Waals surface area (Å²) >= 11 is 1.22. The summed E-state index contributed by atoms with van der Waals surface area (Å²) in [5.74, 6) is 1.80. The normalized spacial score (nSPS) is 16.1. The highest BCUT2D eigenvalue weighted by atomic mass is 32.2. The van der Waals surface area contributed by atoms with Crippen LogP contribution in [0.4, 0.5) is 10.5 Å². The smallest absolute Gasteiger partial charge is 0.411 e. The number of hydrogen-bond acceptors (Lipinski definition) is 7. The minimum atomic E-state index is -0.732. The predicted molar refractivity (Wildman–Crippen MR) is 200 cm³/mol. The number of aliphatic hydroxyl groups excluding tert-OH is 1. The number of carbonyl (C=O) groups is 2. The number of hydrogen-bond donors (Lipinski definition) is 2. The monoisotopic (exact) mass is 681 g/mol. The largest absolute Gasteiger partial charge is 0.491 e. The highest BCUT2D eigenvalue weighted by Gasteiger charge is 2.30. The van der Waals surface area contributed by atoms with Crippen molar-refractivity contribution in [3.63, 3.8) is 0 Å². The molecule has 0 aromatic heterocycles. The number of fused-ring (bicyclic) bond motifs is 1. The number of allylic oxidation sites excluding steroid dienone is 1. The number of ether oxygens (including phenoxy) is 2. The molecule has 8 nitrogen and oxygen atoms in total. The van der Waals surface area contributed by atoms with E-state index in [1.54, 1.807) is 33.8 Å². The van der Waals surface area contributed by atoms with Crippen LogP contribution < -0.4 is 14.4 Å². The Hall–Kier alpha value is -3.43. The van der Waals surface area contributed by atoms with Gasteiger partial charge in [-0.15, -0.1) is 13.2 Å². The molecule has 1 heterocycles. The van der Waals surface area contributed by atoms with Gasteiger partial charge in [-0.1, -0.05) is 68.5 Å². The van der Waals surface area contributed by atoms with Crippen LogP contribution >= 0.6 is 11.9 Å². The van der Waals surface area contributed by atoms with Crippen molar-refractivity contribution in [1.29, 1.82) is 0 Å². The van der Waals surface area contributed by atoms with E-state index in [0.717, 1.165) is 48.7 Å². The molecule has 4 rings (SSSR count). The Bertz CT molecular complexity index is 1340. The van der Waals surface area contributed by atoms with Gasteiger partial charge in [-0.3, -0.25) is 14.4 Å². The van der Waals surface area contributed by atoms with E-state index in [1.165, 1.54) is 59.2 Å². The zero-order chi connectivity index (χ0) is 35.9. The Balaban J connectivity index is 0.000000776. The number of nitrogens with zero attached hydrogens (tertiary/aromatic N) is 2. The number of anilines is 1. The molecule has 2 unspecified atom stereocenters. The molecule has 0 saturated heterocycles. The fourth-order valence-corrected chi connectivity index (χ4v) is 6.31. The molecule has 2 aliphatic rings. The maximum absolute atomic E-state index is 13.0. The van der Waals surface area contributed by atoms with E-state index >= 15 is 0 Å². The van der Waals surface area contributed by atoms with Gasteiger partial charge in [-0.05, 0) is 94.7 Å². The first-order chi connectivity index (χ1) is 22.9. The Labute approximate surface area is 294 Å². The van der Waals surface area contributed by atoms with Crippen LogP contribution in [0.15, 0.2) is 66.6 Å². The summed E-state index contributed by atoms with van der Waals surface area (Å²) in [4.78, 5) is 30.1. The second-order valence-corrected chi connectivity index (χ2v) is 14.3. The van der Waals surface area contributed by atoms with Gasteiger partial charge < -0.3 is 19.5 Å². The van der Waals surface area contributed by atoms with Gasteiger partial charge in [-0.25, -0.2) is 4.79 Å². The Kier molecular flexibility index (Phi) is 17.1. The van der Waals surface area contributed by atoms with Crippen LogP contribution in [0.5, 0.6) is 5.75 Å². The van der Waals surface area contributed by atoms with E-state index in [1.807, 2.05) is 24.3 Å². The van der Waals surface area contributed by atoms with Gasteiger partial charge in [0.15, 0.2) is 0 Å². The summed E-state index contributed by atoms with van der Waals surface area (Å²) in [5.41, 5.74) is 4.36. The molecule has 0 radical (unpaired) electrons. The maximum atomic E-state index is 13.0. The van der Waals surface area contributed by atoms with Gasteiger partial charge in [-0.2, -0.15) is 0 Å². The lowest BCUT2D eigenvalue weighted by Gasteiger charge is -2.30. The Morgan fingerprint density at radius 2 is 1.88 bits per heavy atom. The maximum Gasteiger partial charge on any atom is 0.411 e. The fourth-order valence-electron chi connectivity index (χ4n) is 5.61. The molecule has 2 atom stereocenters. The molecule has 1 aliphatic heterocycles. The third kappa shape index (κ3) is 12.5. The molecule has 0 bridgehead atoms. The molecular weight excluding hydrogens is 623 g/mol. The van der Waals surface area contributed by atoms with Crippen LogP contribution in [0.3, 0.4) is 0 Å². The number of aryl methyl sites for hydroxylation is 2. The lowest BCUT2D eigenvalue weighted by atomic mass is 9.83. The molecule has 48 heavy (non-hydrogen) atoms. The number of amides is 2. The lowest BCUT2D eigenvalue weighted by Crippen LogP contribution is -2.48. The first-order valence-electron chi connectivity index (χ1n) is 17.1.